The lowest BCUT2D eigenvalue weighted by Crippen LogP contribution is -2.31. The van der Waals surface area contributed by atoms with Crippen molar-refractivity contribution in [1.29, 1.82) is 0 Å². The van der Waals surface area contributed by atoms with Crippen molar-refractivity contribution in [2.45, 2.75) is 13.3 Å². The highest BCUT2D eigenvalue weighted by Crippen LogP contribution is 2.30. The molecule has 1 aliphatic heterocycles. The summed E-state index contributed by atoms with van der Waals surface area (Å²) in [7, 11) is 0. The Hall–Kier alpha value is -2.99. The van der Waals surface area contributed by atoms with E-state index in [1.54, 1.807) is 18.2 Å². The Labute approximate surface area is 154 Å². The van der Waals surface area contributed by atoms with Crippen LogP contribution in [0.25, 0.3) is 17.0 Å². The second-order valence-corrected chi connectivity index (χ2v) is 6.26. The van der Waals surface area contributed by atoms with Crippen molar-refractivity contribution in [2.24, 2.45) is 0 Å². The van der Waals surface area contributed by atoms with Crippen molar-refractivity contribution >= 4 is 46.0 Å². The molecule has 26 heavy (non-hydrogen) atoms. The largest absolute Gasteiger partial charge is 0.460 e. The number of benzene rings is 2. The number of carbonyl (C=O) groups is 1. The monoisotopic (exact) mass is 366 g/mol. The molecule has 4 rings (SSSR count). The van der Waals surface area contributed by atoms with Gasteiger partial charge in [-0.25, -0.2) is 9.29 Å². The van der Waals surface area contributed by atoms with E-state index in [1.807, 2.05) is 31.2 Å². The molecule has 3 aromatic rings. The quantitative estimate of drug-likeness (QED) is 0.551. The Bertz CT molecular complexity index is 1070. The molecular weight excluding hydrogens is 351 g/mol. The van der Waals surface area contributed by atoms with Gasteiger partial charge in [0.1, 0.15) is 22.9 Å². The van der Waals surface area contributed by atoms with Crippen molar-refractivity contribution in [3.05, 3.63) is 71.4 Å². The lowest BCUT2D eigenvalue weighted by Gasteiger charge is -2.14. The predicted octanol–water partition coefficient (Wildman–Crippen LogP) is 4.40. The predicted molar refractivity (Wildman–Crippen MR) is 103 cm³/mol. The molecule has 6 heteroatoms. The minimum atomic E-state index is -0.505. The molecule has 4 nitrogen and oxygen atoms in total. The number of fused-ring (bicyclic) bond motifs is 1. The van der Waals surface area contributed by atoms with Crippen LogP contribution >= 0.6 is 12.2 Å². The maximum atomic E-state index is 14.1. The van der Waals surface area contributed by atoms with Crippen molar-refractivity contribution in [3.63, 3.8) is 0 Å². The van der Waals surface area contributed by atoms with Gasteiger partial charge in [-0.15, -0.1) is 0 Å². The first-order chi connectivity index (χ1) is 12.6. The van der Waals surface area contributed by atoms with Gasteiger partial charge in [-0.1, -0.05) is 37.3 Å². The number of hydrogen-bond acceptors (Lipinski definition) is 3. The molecule has 0 atom stereocenters. The summed E-state index contributed by atoms with van der Waals surface area (Å²) in [6.07, 6.45) is 2.41. The van der Waals surface area contributed by atoms with Crippen LogP contribution < -0.4 is 10.2 Å². The standard InChI is InChI=1S/C20H15FN2O2S/c1-2-17-13(12-7-3-6-10-18(12)25-17)11-15-19(24)23(20(26)22-15)16-9-5-4-8-14(16)21/h3-11H,2H2,1H3,(H,22,26)/b15-11-. The molecule has 0 unspecified atom stereocenters. The number of nitrogens with one attached hydrogen (secondary N) is 1. The Morgan fingerprint density at radius 3 is 2.69 bits per heavy atom. The van der Waals surface area contributed by atoms with Crippen molar-refractivity contribution in [1.82, 2.24) is 5.32 Å². The molecule has 130 valence electrons. The van der Waals surface area contributed by atoms with Gasteiger partial charge in [0.05, 0.1) is 5.69 Å². The number of rotatable bonds is 3. The van der Waals surface area contributed by atoms with Crippen LogP contribution in [0.5, 0.6) is 0 Å². The minimum Gasteiger partial charge on any atom is -0.460 e. The molecule has 0 bridgehead atoms. The number of hydrogen-bond donors (Lipinski definition) is 1. The number of amides is 1. The van der Waals surface area contributed by atoms with Gasteiger partial charge in [0.15, 0.2) is 5.11 Å². The molecule has 1 N–H and O–H groups in total. The molecule has 2 heterocycles. The summed E-state index contributed by atoms with van der Waals surface area (Å²) in [6.45, 7) is 1.99. The molecule has 0 spiro atoms. The Morgan fingerprint density at radius 2 is 1.92 bits per heavy atom. The van der Waals surface area contributed by atoms with E-state index in [4.69, 9.17) is 16.6 Å². The topological polar surface area (TPSA) is 45.5 Å². The first kappa shape index (κ1) is 16.5. The molecule has 1 fully saturated rings. The van der Waals surface area contributed by atoms with Crippen molar-refractivity contribution in [3.8, 4) is 0 Å². The van der Waals surface area contributed by atoms with Crippen LogP contribution in [-0.2, 0) is 11.2 Å². The van der Waals surface area contributed by atoms with Gasteiger partial charge in [-0.3, -0.25) is 4.79 Å². The average molecular weight is 366 g/mol. The highest BCUT2D eigenvalue weighted by atomic mass is 32.1. The average Bonchev–Trinajstić information content (AvgIpc) is 3.13. The van der Waals surface area contributed by atoms with Crippen LogP contribution in [0.4, 0.5) is 10.1 Å². The third-order valence-corrected chi connectivity index (χ3v) is 4.58. The fourth-order valence-corrected chi connectivity index (χ4v) is 3.36. The number of furan rings is 1. The molecule has 0 aliphatic carbocycles. The van der Waals surface area contributed by atoms with Crippen molar-refractivity contribution in [2.75, 3.05) is 4.90 Å². The summed E-state index contributed by atoms with van der Waals surface area (Å²) in [6, 6.07) is 13.7. The van der Waals surface area contributed by atoms with E-state index in [0.717, 1.165) is 22.3 Å². The van der Waals surface area contributed by atoms with E-state index in [1.165, 1.54) is 17.0 Å². The highest BCUT2D eigenvalue weighted by molar-refractivity contribution is 7.80. The number of anilines is 1. The fourth-order valence-electron chi connectivity index (χ4n) is 3.07. The molecule has 1 aliphatic rings. The van der Waals surface area contributed by atoms with Crippen LogP contribution in [0.3, 0.4) is 0 Å². The molecule has 1 amide bonds. The Balaban J connectivity index is 1.79. The van der Waals surface area contributed by atoms with Crippen LogP contribution in [-0.4, -0.2) is 11.0 Å². The van der Waals surface area contributed by atoms with Crippen LogP contribution in [0.2, 0.25) is 0 Å². The highest BCUT2D eigenvalue weighted by Gasteiger charge is 2.33. The van der Waals surface area contributed by atoms with Crippen LogP contribution in [0.1, 0.15) is 18.2 Å². The molecule has 1 saturated heterocycles. The fraction of sp³-hybridized carbons (Fsp3) is 0.100. The second-order valence-electron chi connectivity index (χ2n) is 5.87. The zero-order chi connectivity index (χ0) is 18.3. The second kappa shape index (κ2) is 6.38. The maximum Gasteiger partial charge on any atom is 0.281 e. The summed E-state index contributed by atoms with van der Waals surface area (Å²) in [5.41, 5.74) is 2.01. The van der Waals surface area contributed by atoms with Gasteiger partial charge in [-0.05, 0) is 36.5 Å². The lowest BCUT2D eigenvalue weighted by atomic mass is 10.1. The number of aryl methyl sites for hydroxylation is 1. The van der Waals surface area contributed by atoms with E-state index in [0.29, 0.717) is 12.1 Å². The molecule has 2 aromatic carbocycles. The summed E-state index contributed by atoms with van der Waals surface area (Å²) < 4.78 is 20.0. The minimum absolute atomic E-state index is 0.131. The third-order valence-electron chi connectivity index (χ3n) is 4.29. The van der Waals surface area contributed by atoms with Crippen LogP contribution in [0, 0.1) is 5.82 Å². The molecule has 0 radical (unpaired) electrons. The zero-order valence-corrected chi connectivity index (χ0v) is 14.8. The van der Waals surface area contributed by atoms with Gasteiger partial charge in [-0.2, -0.15) is 0 Å². The van der Waals surface area contributed by atoms with E-state index < -0.39 is 11.7 Å². The Morgan fingerprint density at radius 1 is 1.19 bits per heavy atom. The number of carbonyl (C=O) groups excluding carboxylic acids is 1. The normalized spacial score (nSPS) is 15.9. The number of nitrogens with zero attached hydrogens (tertiary/aromatic N) is 1. The number of thiocarbonyl (C=S) groups is 1. The summed E-state index contributed by atoms with van der Waals surface area (Å²) in [5, 5.41) is 3.96. The molecular formula is C20H15FN2O2S. The third kappa shape index (κ3) is 2.59. The summed E-state index contributed by atoms with van der Waals surface area (Å²) in [4.78, 5) is 14.0. The number of halogens is 1. The summed E-state index contributed by atoms with van der Waals surface area (Å²) in [5.74, 6) is -0.120. The zero-order valence-electron chi connectivity index (χ0n) is 14.0. The van der Waals surface area contributed by atoms with Crippen molar-refractivity contribution < 1.29 is 13.6 Å². The maximum absolute atomic E-state index is 14.1. The molecule has 1 aromatic heterocycles. The smallest absolute Gasteiger partial charge is 0.281 e. The van der Waals surface area contributed by atoms with Crippen LogP contribution in [0.15, 0.2) is 58.6 Å². The van der Waals surface area contributed by atoms with E-state index in [-0.39, 0.29) is 10.8 Å². The number of para-hydroxylation sites is 2. The van der Waals surface area contributed by atoms with Gasteiger partial charge in [0, 0.05) is 17.4 Å². The van der Waals surface area contributed by atoms with E-state index in [2.05, 4.69) is 5.32 Å². The first-order valence-electron chi connectivity index (χ1n) is 8.22. The van der Waals surface area contributed by atoms with Gasteiger partial charge < -0.3 is 9.73 Å². The van der Waals surface area contributed by atoms with Gasteiger partial charge >= 0.3 is 0 Å². The molecule has 0 saturated carbocycles. The lowest BCUT2D eigenvalue weighted by molar-refractivity contribution is -0.113. The van der Waals surface area contributed by atoms with Gasteiger partial charge in [0.25, 0.3) is 5.91 Å². The first-order valence-corrected chi connectivity index (χ1v) is 8.63. The summed E-state index contributed by atoms with van der Waals surface area (Å²) >= 11 is 5.25. The Kier molecular flexibility index (Phi) is 4.05. The van der Waals surface area contributed by atoms with Gasteiger partial charge in [0.2, 0.25) is 0 Å². The van der Waals surface area contributed by atoms with E-state index in [9.17, 15) is 9.18 Å². The van der Waals surface area contributed by atoms with E-state index >= 15 is 0 Å². The SMILES string of the molecule is CCc1oc2ccccc2c1/C=C1\NC(=S)N(c2ccccc2F)C1=O.